The lowest BCUT2D eigenvalue weighted by molar-refractivity contribution is -0.162. The van der Waals surface area contributed by atoms with E-state index in [2.05, 4.69) is 68.6 Å². The number of rotatable bonds is 4. The van der Waals surface area contributed by atoms with Crippen LogP contribution < -0.4 is 5.32 Å². The summed E-state index contributed by atoms with van der Waals surface area (Å²) in [5.41, 5.74) is -0.952. The SMILES string of the molecule is CN1C(C)(C)CN(C2CCC(CC3CCC(N4CC(C)(C)NC(C)(C)C4=O)CC3)CC2)C(=O)C1(C)C. The van der Waals surface area contributed by atoms with Crippen molar-refractivity contribution in [2.24, 2.45) is 11.8 Å². The topological polar surface area (TPSA) is 55.9 Å². The fourth-order valence-corrected chi connectivity index (χ4v) is 8.09. The van der Waals surface area contributed by atoms with Crippen LogP contribution in [-0.4, -0.2) is 80.9 Å². The van der Waals surface area contributed by atoms with Crippen LogP contribution in [0.4, 0.5) is 0 Å². The second-order valence-electron chi connectivity index (χ2n) is 15.0. The van der Waals surface area contributed by atoms with Gasteiger partial charge in [0, 0.05) is 36.3 Å². The quantitative estimate of drug-likeness (QED) is 0.599. The molecule has 2 heterocycles. The van der Waals surface area contributed by atoms with Gasteiger partial charge in [-0.2, -0.15) is 0 Å². The van der Waals surface area contributed by atoms with Crippen LogP contribution in [0.1, 0.15) is 113 Å². The van der Waals surface area contributed by atoms with Gasteiger partial charge in [0.25, 0.3) is 0 Å². The van der Waals surface area contributed by atoms with Crippen LogP contribution >= 0.6 is 0 Å². The van der Waals surface area contributed by atoms with Gasteiger partial charge in [-0.1, -0.05) is 0 Å². The normalized spacial score (nSPS) is 36.7. The van der Waals surface area contributed by atoms with Crippen LogP contribution in [0, 0.1) is 11.8 Å². The van der Waals surface area contributed by atoms with E-state index in [1.807, 2.05) is 13.8 Å². The van der Waals surface area contributed by atoms with E-state index in [1.165, 1.54) is 32.1 Å². The third kappa shape index (κ3) is 5.36. The van der Waals surface area contributed by atoms with Crippen LogP contribution in [0.25, 0.3) is 0 Å². The van der Waals surface area contributed by atoms with Crippen LogP contribution in [0.15, 0.2) is 0 Å². The molecule has 0 radical (unpaired) electrons. The van der Waals surface area contributed by atoms with E-state index in [1.54, 1.807) is 0 Å². The lowest BCUT2D eigenvalue weighted by atomic mass is 9.74. The van der Waals surface area contributed by atoms with Crippen molar-refractivity contribution < 1.29 is 9.59 Å². The highest BCUT2D eigenvalue weighted by Crippen LogP contribution is 2.41. The Kier molecular flexibility index (Phi) is 7.40. The van der Waals surface area contributed by atoms with E-state index in [9.17, 15) is 9.59 Å². The van der Waals surface area contributed by atoms with Crippen LogP contribution in [0.3, 0.4) is 0 Å². The molecule has 0 bridgehead atoms. The van der Waals surface area contributed by atoms with Crippen molar-refractivity contribution in [1.29, 1.82) is 0 Å². The van der Waals surface area contributed by atoms with Crippen molar-refractivity contribution in [3.63, 3.8) is 0 Å². The minimum Gasteiger partial charge on any atom is -0.336 e. The standard InChI is InChI=1S/C30H54N4O2/c1-27(2)19-33(25(35)29(5,6)31-27)23-14-10-21(11-15-23)18-22-12-16-24(17-13-22)34-20-28(3,4)32(9)30(7,8)26(34)36/h21-24,31H,10-20H2,1-9H3. The number of nitrogens with one attached hydrogen (secondary N) is 1. The Morgan fingerprint density at radius 3 is 1.61 bits per heavy atom. The molecule has 2 amide bonds. The smallest absolute Gasteiger partial charge is 0.242 e. The molecule has 4 aliphatic rings. The first kappa shape index (κ1) is 27.9. The van der Waals surface area contributed by atoms with Gasteiger partial charge < -0.3 is 9.80 Å². The predicted octanol–water partition coefficient (Wildman–Crippen LogP) is 4.81. The second-order valence-corrected chi connectivity index (χ2v) is 15.0. The Morgan fingerprint density at radius 1 is 0.694 bits per heavy atom. The summed E-state index contributed by atoms with van der Waals surface area (Å²) in [5, 5.41) is 3.54. The first-order valence-corrected chi connectivity index (χ1v) is 14.7. The third-order valence-corrected chi connectivity index (χ3v) is 10.3. The molecular formula is C30H54N4O2. The second kappa shape index (κ2) is 9.55. The molecule has 0 aromatic heterocycles. The van der Waals surface area contributed by atoms with Gasteiger partial charge in [-0.15, -0.1) is 0 Å². The van der Waals surface area contributed by atoms with E-state index >= 15 is 0 Å². The van der Waals surface area contributed by atoms with Gasteiger partial charge in [0.15, 0.2) is 0 Å². The highest BCUT2D eigenvalue weighted by atomic mass is 16.2. The molecule has 36 heavy (non-hydrogen) atoms. The number of piperazine rings is 2. The molecule has 0 unspecified atom stereocenters. The maximum Gasteiger partial charge on any atom is 0.242 e. The number of amides is 2. The molecule has 2 saturated heterocycles. The molecule has 1 N–H and O–H groups in total. The number of hydrogen-bond acceptors (Lipinski definition) is 4. The van der Waals surface area contributed by atoms with E-state index in [-0.39, 0.29) is 17.0 Å². The molecule has 4 rings (SSSR count). The zero-order valence-corrected chi connectivity index (χ0v) is 24.7. The van der Waals surface area contributed by atoms with Crippen molar-refractivity contribution >= 4 is 11.8 Å². The summed E-state index contributed by atoms with van der Waals surface area (Å²) >= 11 is 0. The molecule has 0 spiro atoms. The number of carbonyl (C=O) groups excluding carboxylic acids is 2. The average molecular weight is 503 g/mol. The molecule has 0 aromatic rings. The fourth-order valence-electron chi connectivity index (χ4n) is 8.09. The summed E-state index contributed by atoms with van der Waals surface area (Å²) in [5.74, 6) is 2.17. The molecule has 4 fully saturated rings. The molecule has 0 atom stereocenters. The Morgan fingerprint density at radius 2 is 1.14 bits per heavy atom. The van der Waals surface area contributed by atoms with Gasteiger partial charge in [0.1, 0.15) is 0 Å². The molecular weight excluding hydrogens is 448 g/mol. The third-order valence-electron chi connectivity index (χ3n) is 10.3. The summed E-state index contributed by atoms with van der Waals surface area (Å²) in [4.78, 5) is 33.2. The first-order valence-electron chi connectivity index (χ1n) is 14.7. The Labute approximate surface area is 220 Å². The molecule has 2 aliphatic carbocycles. The van der Waals surface area contributed by atoms with Gasteiger partial charge in [0.05, 0.1) is 11.1 Å². The summed E-state index contributed by atoms with van der Waals surface area (Å²) in [7, 11) is 2.10. The van der Waals surface area contributed by atoms with Crippen molar-refractivity contribution in [3.8, 4) is 0 Å². The first-order chi connectivity index (χ1) is 16.5. The van der Waals surface area contributed by atoms with Crippen LogP contribution in [-0.2, 0) is 9.59 Å². The van der Waals surface area contributed by atoms with Crippen molar-refractivity contribution in [3.05, 3.63) is 0 Å². The summed E-state index contributed by atoms with van der Waals surface area (Å²) in [6.45, 7) is 18.9. The zero-order chi connectivity index (χ0) is 26.7. The maximum atomic E-state index is 13.4. The highest BCUT2D eigenvalue weighted by molar-refractivity contribution is 5.87. The number of likely N-dealkylation sites (N-methyl/N-ethyl adjacent to an activating group) is 1. The van der Waals surface area contributed by atoms with E-state index in [4.69, 9.17) is 0 Å². The zero-order valence-electron chi connectivity index (χ0n) is 24.7. The minimum absolute atomic E-state index is 0.00310. The van der Waals surface area contributed by atoms with Crippen molar-refractivity contribution in [1.82, 2.24) is 20.0 Å². The monoisotopic (exact) mass is 502 g/mol. The summed E-state index contributed by atoms with van der Waals surface area (Å²) < 4.78 is 0. The Balaban J connectivity index is 1.26. The van der Waals surface area contributed by atoms with Crippen molar-refractivity contribution in [2.45, 2.75) is 147 Å². The number of nitrogens with zero attached hydrogens (tertiary/aromatic N) is 3. The Bertz CT molecular complexity index is 832. The van der Waals surface area contributed by atoms with E-state index < -0.39 is 11.1 Å². The van der Waals surface area contributed by atoms with Gasteiger partial charge in [-0.25, -0.2) is 0 Å². The highest BCUT2D eigenvalue weighted by Gasteiger charge is 2.50. The molecule has 6 nitrogen and oxygen atoms in total. The van der Waals surface area contributed by atoms with E-state index in [0.717, 1.165) is 50.6 Å². The largest absolute Gasteiger partial charge is 0.336 e. The molecule has 2 aliphatic heterocycles. The molecule has 6 heteroatoms. The Hall–Kier alpha value is -1.14. The molecule has 2 saturated carbocycles. The molecule has 0 aromatic carbocycles. The number of carbonyl (C=O) groups is 2. The van der Waals surface area contributed by atoms with Crippen LogP contribution in [0.5, 0.6) is 0 Å². The van der Waals surface area contributed by atoms with Gasteiger partial charge >= 0.3 is 0 Å². The minimum atomic E-state index is -0.479. The van der Waals surface area contributed by atoms with E-state index in [0.29, 0.717) is 18.0 Å². The summed E-state index contributed by atoms with van der Waals surface area (Å²) in [6.07, 6.45) is 11.0. The lowest BCUT2D eigenvalue weighted by Crippen LogP contribution is -2.71. The average Bonchev–Trinajstić information content (AvgIpc) is 2.78. The fraction of sp³-hybridized carbons (Fsp3) is 0.933. The lowest BCUT2D eigenvalue weighted by Gasteiger charge is -2.56. The molecule has 206 valence electrons. The van der Waals surface area contributed by atoms with Gasteiger partial charge in [0.2, 0.25) is 11.8 Å². The van der Waals surface area contributed by atoms with Crippen LogP contribution in [0.2, 0.25) is 0 Å². The summed E-state index contributed by atoms with van der Waals surface area (Å²) in [6, 6.07) is 0.808. The van der Waals surface area contributed by atoms with Crippen molar-refractivity contribution in [2.75, 3.05) is 20.1 Å². The predicted molar refractivity (Wildman–Crippen MR) is 147 cm³/mol. The number of hydrogen-bond donors (Lipinski definition) is 1. The maximum absolute atomic E-state index is 13.4. The van der Waals surface area contributed by atoms with Gasteiger partial charge in [-0.3, -0.25) is 19.8 Å². The van der Waals surface area contributed by atoms with Gasteiger partial charge in [-0.05, 0) is 132 Å².